The standard InChI is InChI=1S/C22H36N4O6/c1-20(2,3)30-17(27)24-12-10-15(14-24)26(19(29)32-22(7,8)9)16-23-11-13-25(16)18(28)31-21(4,5)6/h11,13,15H,10,12,14H2,1-9H3/t15-/m0/s1. The molecule has 2 amide bonds. The largest absolute Gasteiger partial charge is 0.444 e. The molecule has 10 heteroatoms. The van der Waals surface area contributed by atoms with E-state index in [-0.39, 0.29) is 12.5 Å². The van der Waals surface area contributed by atoms with Crippen LogP contribution in [0.25, 0.3) is 0 Å². The Kier molecular flexibility index (Phi) is 7.16. The van der Waals surface area contributed by atoms with E-state index >= 15 is 0 Å². The van der Waals surface area contributed by atoms with Gasteiger partial charge >= 0.3 is 18.3 Å². The van der Waals surface area contributed by atoms with Gasteiger partial charge in [-0.2, -0.15) is 0 Å². The Balaban J connectivity index is 2.34. The summed E-state index contributed by atoms with van der Waals surface area (Å²) in [5, 5.41) is 0. The molecule has 1 aromatic heterocycles. The predicted molar refractivity (Wildman–Crippen MR) is 119 cm³/mol. The lowest BCUT2D eigenvalue weighted by molar-refractivity contribution is 0.0286. The fraction of sp³-hybridized carbons (Fsp3) is 0.727. The smallest absolute Gasteiger partial charge is 0.421 e. The Hall–Kier alpha value is -2.78. The van der Waals surface area contributed by atoms with Crippen molar-refractivity contribution < 1.29 is 28.6 Å². The number of hydrogen-bond donors (Lipinski definition) is 0. The summed E-state index contributed by atoms with van der Waals surface area (Å²) in [6.07, 6.45) is 1.53. The Morgan fingerprint density at radius 1 is 0.906 bits per heavy atom. The number of nitrogens with zero attached hydrogens (tertiary/aromatic N) is 4. The molecule has 0 saturated carbocycles. The van der Waals surface area contributed by atoms with Gasteiger partial charge in [0.05, 0.1) is 6.04 Å². The number of anilines is 1. The molecule has 32 heavy (non-hydrogen) atoms. The van der Waals surface area contributed by atoms with Gasteiger partial charge in [0.1, 0.15) is 16.8 Å². The van der Waals surface area contributed by atoms with Gasteiger partial charge in [0.2, 0.25) is 5.95 Å². The van der Waals surface area contributed by atoms with Crippen LogP contribution < -0.4 is 4.90 Å². The molecule has 180 valence electrons. The fourth-order valence-electron chi connectivity index (χ4n) is 3.08. The Morgan fingerprint density at radius 3 is 1.97 bits per heavy atom. The lowest BCUT2D eigenvalue weighted by Crippen LogP contribution is -2.47. The van der Waals surface area contributed by atoms with E-state index < -0.39 is 41.1 Å². The zero-order valence-corrected chi connectivity index (χ0v) is 20.6. The first kappa shape index (κ1) is 25.5. The highest BCUT2D eigenvalue weighted by molar-refractivity contribution is 5.89. The summed E-state index contributed by atoms with van der Waals surface area (Å²) in [7, 11) is 0. The van der Waals surface area contributed by atoms with Crippen molar-refractivity contribution in [3.05, 3.63) is 12.4 Å². The molecule has 2 rings (SSSR count). The van der Waals surface area contributed by atoms with Gasteiger partial charge in [0, 0.05) is 25.5 Å². The van der Waals surface area contributed by atoms with Gasteiger partial charge in [-0.3, -0.25) is 0 Å². The second-order valence-corrected chi connectivity index (χ2v) is 10.8. The third-order valence-electron chi connectivity index (χ3n) is 4.20. The van der Waals surface area contributed by atoms with E-state index in [4.69, 9.17) is 14.2 Å². The molecule has 0 unspecified atom stereocenters. The monoisotopic (exact) mass is 452 g/mol. The van der Waals surface area contributed by atoms with Crippen LogP contribution in [0.1, 0.15) is 68.7 Å². The van der Waals surface area contributed by atoms with Gasteiger partial charge in [-0.1, -0.05) is 0 Å². The molecule has 2 heterocycles. The zero-order chi connectivity index (χ0) is 24.5. The molecular weight excluding hydrogens is 416 g/mol. The fourth-order valence-corrected chi connectivity index (χ4v) is 3.08. The quantitative estimate of drug-likeness (QED) is 0.612. The minimum atomic E-state index is -0.762. The predicted octanol–water partition coefficient (Wildman–Crippen LogP) is 4.42. The summed E-state index contributed by atoms with van der Waals surface area (Å²) in [5.41, 5.74) is -2.12. The molecule has 0 bridgehead atoms. The number of carbonyl (C=O) groups is 3. The lowest BCUT2D eigenvalue weighted by Gasteiger charge is -2.31. The highest BCUT2D eigenvalue weighted by Gasteiger charge is 2.40. The van der Waals surface area contributed by atoms with E-state index in [1.54, 1.807) is 62.3 Å². The third-order valence-corrected chi connectivity index (χ3v) is 4.20. The molecule has 1 fully saturated rings. The molecule has 0 aromatic carbocycles. The van der Waals surface area contributed by atoms with Crippen molar-refractivity contribution >= 4 is 24.2 Å². The van der Waals surface area contributed by atoms with Gasteiger partial charge in [-0.05, 0) is 68.7 Å². The molecule has 0 aliphatic carbocycles. The summed E-state index contributed by atoms with van der Waals surface area (Å²) in [6, 6.07) is -0.457. The number of hydrogen-bond acceptors (Lipinski definition) is 7. The lowest BCUT2D eigenvalue weighted by atomic mass is 10.2. The number of rotatable bonds is 2. The van der Waals surface area contributed by atoms with Gasteiger partial charge < -0.3 is 19.1 Å². The number of aromatic nitrogens is 2. The number of amides is 2. The Morgan fingerprint density at radius 2 is 1.44 bits per heavy atom. The first-order valence-electron chi connectivity index (χ1n) is 10.7. The van der Waals surface area contributed by atoms with E-state index in [1.165, 1.54) is 26.8 Å². The summed E-state index contributed by atoms with van der Waals surface area (Å²) < 4.78 is 17.7. The molecule has 1 aliphatic heterocycles. The molecule has 1 aromatic rings. The van der Waals surface area contributed by atoms with Crippen LogP contribution in [-0.4, -0.2) is 68.7 Å². The van der Waals surface area contributed by atoms with Crippen LogP contribution in [0.4, 0.5) is 20.3 Å². The summed E-state index contributed by atoms with van der Waals surface area (Å²) in [4.78, 5) is 45.5. The summed E-state index contributed by atoms with van der Waals surface area (Å²) in [6.45, 7) is 16.5. The van der Waals surface area contributed by atoms with Crippen LogP contribution in [-0.2, 0) is 14.2 Å². The van der Waals surface area contributed by atoms with Crippen LogP contribution in [0.3, 0.4) is 0 Å². The highest BCUT2D eigenvalue weighted by atomic mass is 16.6. The second-order valence-electron chi connectivity index (χ2n) is 10.8. The maximum atomic E-state index is 13.2. The van der Waals surface area contributed by atoms with Crippen LogP contribution in [0.5, 0.6) is 0 Å². The molecule has 1 atom stereocenters. The van der Waals surface area contributed by atoms with Crippen molar-refractivity contribution in [1.82, 2.24) is 14.5 Å². The summed E-state index contributed by atoms with van der Waals surface area (Å²) >= 11 is 0. The summed E-state index contributed by atoms with van der Waals surface area (Å²) in [5.74, 6) is 0.0736. The minimum absolute atomic E-state index is 0.0736. The van der Waals surface area contributed by atoms with Crippen molar-refractivity contribution in [2.75, 3.05) is 18.0 Å². The van der Waals surface area contributed by atoms with Crippen LogP contribution in [0.2, 0.25) is 0 Å². The molecule has 1 saturated heterocycles. The van der Waals surface area contributed by atoms with Gasteiger partial charge in [0.15, 0.2) is 0 Å². The van der Waals surface area contributed by atoms with E-state index in [2.05, 4.69) is 4.98 Å². The SMILES string of the molecule is CC(C)(C)OC(=O)N1CC[C@H](N(C(=O)OC(C)(C)C)c2nccn2C(=O)OC(C)(C)C)C1. The molecule has 1 aliphatic rings. The molecule has 0 radical (unpaired) electrons. The molecular formula is C22H36N4O6. The van der Waals surface area contributed by atoms with Crippen LogP contribution in [0.15, 0.2) is 12.4 Å². The van der Waals surface area contributed by atoms with Crippen molar-refractivity contribution in [2.24, 2.45) is 0 Å². The van der Waals surface area contributed by atoms with E-state index in [1.807, 2.05) is 0 Å². The van der Waals surface area contributed by atoms with E-state index in [0.29, 0.717) is 13.0 Å². The minimum Gasteiger partial charge on any atom is -0.444 e. The van der Waals surface area contributed by atoms with Crippen molar-refractivity contribution in [1.29, 1.82) is 0 Å². The number of ether oxygens (including phenoxy) is 3. The Bertz CT molecular complexity index is 844. The normalized spacial score (nSPS) is 17.2. The first-order valence-corrected chi connectivity index (χ1v) is 10.7. The number of likely N-dealkylation sites (tertiary alicyclic amines) is 1. The topological polar surface area (TPSA) is 103 Å². The van der Waals surface area contributed by atoms with Gasteiger partial charge in [-0.15, -0.1) is 0 Å². The maximum absolute atomic E-state index is 13.2. The highest BCUT2D eigenvalue weighted by Crippen LogP contribution is 2.26. The van der Waals surface area contributed by atoms with Gasteiger partial charge in [0.25, 0.3) is 0 Å². The van der Waals surface area contributed by atoms with Crippen molar-refractivity contribution in [3.8, 4) is 0 Å². The Labute approximate surface area is 189 Å². The van der Waals surface area contributed by atoms with Gasteiger partial charge in [-0.25, -0.2) is 28.8 Å². The van der Waals surface area contributed by atoms with Crippen LogP contribution >= 0.6 is 0 Å². The number of imidazole rings is 1. The van der Waals surface area contributed by atoms with Crippen LogP contribution in [0, 0.1) is 0 Å². The molecule has 10 nitrogen and oxygen atoms in total. The van der Waals surface area contributed by atoms with Crippen molar-refractivity contribution in [2.45, 2.75) is 91.6 Å². The van der Waals surface area contributed by atoms with E-state index in [9.17, 15) is 14.4 Å². The zero-order valence-electron chi connectivity index (χ0n) is 20.6. The average molecular weight is 453 g/mol. The molecule has 0 N–H and O–H groups in total. The number of carbonyl (C=O) groups excluding carboxylic acids is 3. The maximum Gasteiger partial charge on any atom is 0.421 e. The first-order chi connectivity index (χ1) is 14.5. The third kappa shape index (κ3) is 7.13. The average Bonchev–Trinajstić information content (AvgIpc) is 3.20. The second kappa shape index (κ2) is 8.99. The van der Waals surface area contributed by atoms with E-state index in [0.717, 1.165) is 0 Å². The van der Waals surface area contributed by atoms with Crippen molar-refractivity contribution in [3.63, 3.8) is 0 Å². The molecule has 0 spiro atoms.